The molecule has 0 aliphatic carbocycles. The summed E-state index contributed by atoms with van der Waals surface area (Å²) in [6.45, 7) is 4.22. The molecular weight excluding hydrogens is 382 g/mol. The van der Waals surface area contributed by atoms with Gasteiger partial charge in [-0.2, -0.15) is 0 Å². The van der Waals surface area contributed by atoms with E-state index in [1.165, 1.54) is 0 Å². The van der Waals surface area contributed by atoms with Gasteiger partial charge in [0.2, 0.25) is 11.8 Å². The standard InChI is InChI=1S/C16H20BrN3O2.ClH/c1-10-6-13(2-3-14(10)17)20-9-11(7-15(20)21)16(22)19-12-4-5-18-8-12;/h2-3,6,11-12,18H,4-5,7-9H2,1H3,(H,19,22);1H. The first-order valence-corrected chi connectivity index (χ1v) is 8.41. The molecule has 1 aromatic carbocycles. The predicted octanol–water partition coefficient (Wildman–Crippen LogP) is 2.01. The molecule has 2 aliphatic heterocycles. The van der Waals surface area contributed by atoms with E-state index < -0.39 is 0 Å². The number of nitrogens with zero attached hydrogens (tertiary/aromatic N) is 1. The summed E-state index contributed by atoms with van der Waals surface area (Å²) in [5, 5.41) is 6.27. The molecule has 126 valence electrons. The molecule has 2 fully saturated rings. The number of halogens is 2. The summed E-state index contributed by atoms with van der Waals surface area (Å²) in [6.07, 6.45) is 1.25. The second-order valence-electron chi connectivity index (χ2n) is 6.04. The highest BCUT2D eigenvalue weighted by Gasteiger charge is 2.36. The van der Waals surface area contributed by atoms with Gasteiger partial charge in [0, 0.05) is 35.7 Å². The second kappa shape index (κ2) is 7.64. The molecule has 2 N–H and O–H groups in total. The average molecular weight is 403 g/mol. The smallest absolute Gasteiger partial charge is 0.227 e. The van der Waals surface area contributed by atoms with Crippen LogP contribution in [-0.4, -0.2) is 37.5 Å². The van der Waals surface area contributed by atoms with Crippen LogP contribution in [0.25, 0.3) is 0 Å². The van der Waals surface area contributed by atoms with Crippen LogP contribution in [-0.2, 0) is 9.59 Å². The van der Waals surface area contributed by atoms with Gasteiger partial charge in [0.1, 0.15) is 0 Å². The lowest BCUT2D eigenvalue weighted by Crippen LogP contribution is -2.40. The average Bonchev–Trinajstić information content (AvgIpc) is 3.11. The summed E-state index contributed by atoms with van der Waals surface area (Å²) in [5.74, 6) is -0.234. The third kappa shape index (κ3) is 4.05. The fourth-order valence-corrected chi connectivity index (χ4v) is 3.27. The fourth-order valence-electron chi connectivity index (χ4n) is 3.03. The number of carbonyl (C=O) groups excluding carboxylic acids is 2. The zero-order valence-corrected chi connectivity index (χ0v) is 15.4. The second-order valence-corrected chi connectivity index (χ2v) is 6.89. The van der Waals surface area contributed by atoms with E-state index in [9.17, 15) is 9.59 Å². The van der Waals surface area contributed by atoms with E-state index >= 15 is 0 Å². The number of rotatable bonds is 3. The van der Waals surface area contributed by atoms with E-state index in [0.29, 0.717) is 13.0 Å². The maximum absolute atomic E-state index is 12.3. The van der Waals surface area contributed by atoms with Crippen molar-refractivity contribution in [2.75, 3.05) is 24.5 Å². The Morgan fingerprint density at radius 2 is 2.22 bits per heavy atom. The van der Waals surface area contributed by atoms with Crippen molar-refractivity contribution in [1.82, 2.24) is 10.6 Å². The molecule has 0 bridgehead atoms. The van der Waals surface area contributed by atoms with Crippen molar-refractivity contribution in [3.05, 3.63) is 28.2 Å². The van der Waals surface area contributed by atoms with Crippen LogP contribution < -0.4 is 15.5 Å². The normalized spacial score (nSPS) is 23.7. The Hall–Kier alpha value is -1.11. The molecule has 2 heterocycles. The number of nitrogens with one attached hydrogen (secondary N) is 2. The van der Waals surface area contributed by atoms with E-state index in [1.807, 2.05) is 25.1 Å². The topological polar surface area (TPSA) is 61.4 Å². The Morgan fingerprint density at radius 3 is 2.87 bits per heavy atom. The van der Waals surface area contributed by atoms with Crippen molar-refractivity contribution in [3.63, 3.8) is 0 Å². The van der Waals surface area contributed by atoms with Crippen LogP contribution in [0.1, 0.15) is 18.4 Å². The van der Waals surface area contributed by atoms with E-state index in [1.54, 1.807) is 4.90 Å². The van der Waals surface area contributed by atoms with Crippen molar-refractivity contribution in [2.45, 2.75) is 25.8 Å². The molecule has 1 aromatic rings. The Morgan fingerprint density at radius 1 is 1.43 bits per heavy atom. The summed E-state index contributed by atoms with van der Waals surface area (Å²) in [7, 11) is 0. The number of amides is 2. The summed E-state index contributed by atoms with van der Waals surface area (Å²) in [6, 6.07) is 6.03. The Balaban J connectivity index is 0.00000192. The molecule has 2 atom stereocenters. The van der Waals surface area contributed by atoms with Crippen molar-refractivity contribution >= 4 is 45.8 Å². The highest BCUT2D eigenvalue weighted by molar-refractivity contribution is 9.10. The van der Waals surface area contributed by atoms with Gasteiger partial charge in [0.05, 0.1) is 5.92 Å². The van der Waals surface area contributed by atoms with Crippen LogP contribution in [0.15, 0.2) is 22.7 Å². The zero-order valence-electron chi connectivity index (χ0n) is 13.0. The minimum absolute atomic E-state index is 0. The van der Waals surface area contributed by atoms with Gasteiger partial charge < -0.3 is 15.5 Å². The van der Waals surface area contributed by atoms with Crippen molar-refractivity contribution in [1.29, 1.82) is 0 Å². The van der Waals surface area contributed by atoms with E-state index in [0.717, 1.165) is 35.2 Å². The molecule has 5 nitrogen and oxygen atoms in total. The Labute approximate surface area is 150 Å². The largest absolute Gasteiger partial charge is 0.352 e. The lowest BCUT2D eigenvalue weighted by atomic mass is 10.1. The minimum atomic E-state index is -0.253. The highest BCUT2D eigenvalue weighted by Crippen LogP contribution is 2.28. The summed E-state index contributed by atoms with van der Waals surface area (Å²) in [4.78, 5) is 26.3. The van der Waals surface area contributed by atoms with Gasteiger partial charge >= 0.3 is 0 Å². The van der Waals surface area contributed by atoms with Gasteiger partial charge in [-0.1, -0.05) is 15.9 Å². The maximum Gasteiger partial charge on any atom is 0.227 e. The molecule has 0 spiro atoms. The molecule has 7 heteroatoms. The van der Waals surface area contributed by atoms with Crippen LogP contribution >= 0.6 is 28.3 Å². The van der Waals surface area contributed by atoms with E-state index in [-0.39, 0.29) is 36.2 Å². The number of aryl methyl sites for hydroxylation is 1. The quantitative estimate of drug-likeness (QED) is 0.813. The SMILES string of the molecule is Cc1cc(N2CC(C(=O)NC3CCNC3)CC2=O)ccc1Br.Cl. The molecule has 3 rings (SSSR count). The van der Waals surface area contributed by atoms with Crippen LogP contribution in [0.3, 0.4) is 0 Å². The van der Waals surface area contributed by atoms with Gasteiger partial charge in [-0.15, -0.1) is 12.4 Å². The summed E-state index contributed by atoms with van der Waals surface area (Å²) >= 11 is 3.46. The molecule has 0 aromatic heterocycles. The molecule has 0 saturated carbocycles. The Bertz CT molecular complexity index is 605. The summed E-state index contributed by atoms with van der Waals surface area (Å²) < 4.78 is 1.02. The number of hydrogen-bond acceptors (Lipinski definition) is 3. The fraction of sp³-hybridized carbons (Fsp3) is 0.500. The molecule has 2 unspecified atom stereocenters. The molecule has 2 amide bonds. The highest BCUT2D eigenvalue weighted by atomic mass is 79.9. The molecule has 2 saturated heterocycles. The number of hydrogen-bond donors (Lipinski definition) is 2. The van der Waals surface area contributed by atoms with Crippen LogP contribution in [0, 0.1) is 12.8 Å². The van der Waals surface area contributed by atoms with Gasteiger partial charge in [-0.25, -0.2) is 0 Å². The van der Waals surface area contributed by atoms with E-state index in [2.05, 4.69) is 26.6 Å². The van der Waals surface area contributed by atoms with Gasteiger partial charge in [0.15, 0.2) is 0 Å². The van der Waals surface area contributed by atoms with Crippen LogP contribution in [0.4, 0.5) is 5.69 Å². The molecule has 23 heavy (non-hydrogen) atoms. The van der Waals surface area contributed by atoms with Gasteiger partial charge in [0.25, 0.3) is 0 Å². The zero-order chi connectivity index (χ0) is 15.7. The summed E-state index contributed by atoms with van der Waals surface area (Å²) in [5.41, 5.74) is 1.94. The van der Waals surface area contributed by atoms with Crippen molar-refractivity contribution in [2.24, 2.45) is 5.92 Å². The lowest BCUT2D eigenvalue weighted by Gasteiger charge is -2.18. The molecule has 2 aliphatic rings. The third-order valence-electron chi connectivity index (χ3n) is 4.36. The number of benzene rings is 1. The molecule has 0 radical (unpaired) electrons. The first-order chi connectivity index (χ1) is 10.5. The van der Waals surface area contributed by atoms with Crippen LogP contribution in [0.2, 0.25) is 0 Å². The lowest BCUT2D eigenvalue weighted by molar-refractivity contribution is -0.126. The van der Waals surface area contributed by atoms with Gasteiger partial charge in [-0.05, 0) is 43.7 Å². The maximum atomic E-state index is 12.3. The number of anilines is 1. The third-order valence-corrected chi connectivity index (χ3v) is 5.25. The minimum Gasteiger partial charge on any atom is -0.352 e. The van der Waals surface area contributed by atoms with Gasteiger partial charge in [-0.3, -0.25) is 9.59 Å². The van der Waals surface area contributed by atoms with Crippen LogP contribution in [0.5, 0.6) is 0 Å². The first kappa shape index (κ1) is 18.2. The Kier molecular flexibility index (Phi) is 6.06. The van der Waals surface area contributed by atoms with Crippen molar-refractivity contribution in [3.8, 4) is 0 Å². The number of carbonyl (C=O) groups is 2. The van der Waals surface area contributed by atoms with E-state index in [4.69, 9.17) is 0 Å². The van der Waals surface area contributed by atoms with Crippen molar-refractivity contribution < 1.29 is 9.59 Å². The molecular formula is C16H21BrClN3O2. The predicted molar refractivity (Wildman–Crippen MR) is 96.0 cm³/mol. The monoisotopic (exact) mass is 401 g/mol. The first-order valence-electron chi connectivity index (χ1n) is 7.62.